The average molecular weight is 334 g/mol. The summed E-state index contributed by atoms with van der Waals surface area (Å²) in [4.78, 5) is 17.6. The van der Waals surface area contributed by atoms with Gasteiger partial charge in [-0.1, -0.05) is 31.3 Å². The van der Waals surface area contributed by atoms with E-state index in [0.29, 0.717) is 17.7 Å². The quantitative estimate of drug-likeness (QED) is 0.891. The van der Waals surface area contributed by atoms with Crippen LogP contribution in [-0.4, -0.2) is 66.2 Å². The summed E-state index contributed by atoms with van der Waals surface area (Å²) >= 11 is 0. The molecule has 0 spiro atoms. The van der Waals surface area contributed by atoms with Gasteiger partial charge in [-0.3, -0.25) is 9.69 Å². The minimum Gasteiger partial charge on any atom is -0.361 e. The van der Waals surface area contributed by atoms with Crippen LogP contribution in [0, 0.1) is 0 Å². The van der Waals surface area contributed by atoms with Crippen molar-refractivity contribution < 1.29 is 9.32 Å². The Morgan fingerprint density at radius 2 is 1.96 bits per heavy atom. The lowest BCUT2D eigenvalue weighted by molar-refractivity contribution is 0.0138. The Bertz CT molecular complexity index is 543. The molecule has 134 valence electrons. The van der Waals surface area contributed by atoms with E-state index in [4.69, 9.17) is 4.52 Å². The Hall–Kier alpha value is -1.40. The normalized spacial score (nSPS) is 22.4. The lowest BCUT2D eigenvalue weighted by Gasteiger charge is -2.49. The van der Waals surface area contributed by atoms with Crippen molar-refractivity contribution in [2.24, 2.45) is 0 Å². The first kappa shape index (κ1) is 17.4. The molecule has 2 aliphatic rings. The maximum atomic E-state index is 12.6. The third-order valence-electron chi connectivity index (χ3n) is 5.75. The topological polar surface area (TPSA) is 61.6 Å². The summed E-state index contributed by atoms with van der Waals surface area (Å²) in [6.45, 7) is 7.12. The van der Waals surface area contributed by atoms with Gasteiger partial charge in [0.25, 0.3) is 5.91 Å². The largest absolute Gasteiger partial charge is 0.361 e. The summed E-state index contributed by atoms with van der Waals surface area (Å²) in [6.07, 6.45) is 8.42. The van der Waals surface area contributed by atoms with Gasteiger partial charge in [-0.05, 0) is 19.9 Å². The summed E-state index contributed by atoms with van der Waals surface area (Å²) in [5.74, 6) is 0.622. The van der Waals surface area contributed by atoms with Crippen molar-refractivity contribution in [2.75, 3.05) is 39.8 Å². The SMILES string of the molecule is CCc1oncc1C(=O)NCC1(N2CCN(C)CC2)CCCCC1. The van der Waals surface area contributed by atoms with Gasteiger partial charge in [-0.25, -0.2) is 0 Å². The summed E-state index contributed by atoms with van der Waals surface area (Å²) in [7, 11) is 2.19. The highest BCUT2D eigenvalue weighted by Gasteiger charge is 2.39. The molecule has 1 aliphatic carbocycles. The van der Waals surface area contributed by atoms with Crippen molar-refractivity contribution in [3.05, 3.63) is 17.5 Å². The molecule has 1 N–H and O–H groups in total. The fraction of sp³-hybridized carbons (Fsp3) is 0.778. The van der Waals surface area contributed by atoms with E-state index in [1.165, 1.54) is 38.3 Å². The predicted molar refractivity (Wildman–Crippen MR) is 93.1 cm³/mol. The van der Waals surface area contributed by atoms with Gasteiger partial charge >= 0.3 is 0 Å². The van der Waals surface area contributed by atoms with Crippen LogP contribution < -0.4 is 5.32 Å². The maximum Gasteiger partial charge on any atom is 0.256 e. The number of rotatable bonds is 5. The highest BCUT2D eigenvalue weighted by atomic mass is 16.5. The molecule has 0 radical (unpaired) electrons. The van der Waals surface area contributed by atoms with Gasteiger partial charge in [-0.15, -0.1) is 0 Å². The lowest BCUT2D eigenvalue weighted by atomic mass is 9.79. The average Bonchev–Trinajstić information content (AvgIpc) is 3.10. The van der Waals surface area contributed by atoms with Crippen LogP contribution in [0.1, 0.15) is 55.1 Å². The molecule has 1 saturated carbocycles. The van der Waals surface area contributed by atoms with Crippen LogP contribution >= 0.6 is 0 Å². The van der Waals surface area contributed by atoms with E-state index in [1.807, 2.05) is 6.92 Å². The first-order valence-corrected chi connectivity index (χ1v) is 9.30. The molecule has 1 aromatic heterocycles. The number of hydrogen-bond donors (Lipinski definition) is 1. The van der Waals surface area contributed by atoms with E-state index >= 15 is 0 Å². The summed E-state index contributed by atoms with van der Waals surface area (Å²) in [5.41, 5.74) is 0.709. The molecule has 0 unspecified atom stereocenters. The Kier molecular flexibility index (Phi) is 5.56. The smallest absolute Gasteiger partial charge is 0.256 e. The molecule has 0 bridgehead atoms. The van der Waals surface area contributed by atoms with Crippen LogP contribution in [0.3, 0.4) is 0 Å². The van der Waals surface area contributed by atoms with Gasteiger partial charge in [0, 0.05) is 44.7 Å². The summed E-state index contributed by atoms with van der Waals surface area (Å²) in [5, 5.41) is 6.96. The zero-order chi connectivity index (χ0) is 17.0. The van der Waals surface area contributed by atoms with Gasteiger partial charge in [0.15, 0.2) is 0 Å². The van der Waals surface area contributed by atoms with Crippen LogP contribution in [0.5, 0.6) is 0 Å². The summed E-state index contributed by atoms with van der Waals surface area (Å²) in [6, 6.07) is 0. The molecule has 6 nitrogen and oxygen atoms in total. The second-order valence-corrected chi connectivity index (χ2v) is 7.27. The Labute approximate surface area is 144 Å². The van der Waals surface area contributed by atoms with Crippen LogP contribution in [0.15, 0.2) is 10.7 Å². The number of carbonyl (C=O) groups is 1. The van der Waals surface area contributed by atoms with Crippen molar-refractivity contribution in [1.29, 1.82) is 0 Å². The van der Waals surface area contributed by atoms with E-state index in [0.717, 1.165) is 32.7 Å². The number of aromatic nitrogens is 1. The molecule has 0 atom stereocenters. The molecule has 1 amide bonds. The van der Waals surface area contributed by atoms with Gasteiger partial charge < -0.3 is 14.7 Å². The van der Waals surface area contributed by atoms with Gasteiger partial charge in [0.1, 0.15) is 11.3 Å². The zero-order valence-corrected chi connectivity index (χ0v) is 15.0. The number of amides is 1. The Balaban J connectivity index is 1.67. The van der Waals surface area contributed by atoms with E-state index in [9.17, 15) is 4.79 Å². The standard InChI is InChI=1S/C18H30N4O2/c1-3-16-15(13-20-24-16)17(23)19-14-18(7-5-4-6-8-18)22-11-9-21(2)10-12-22/h13H,3-12,14H2,1-2H3,(H,19,23). The fourth-order valence-electron chi connectivity index (χ4n) is 4.14. The molecule has 0 aromatic carbocycles. The van der Waals surface area contributed by atoms with E-state index < -0.39 is 0 Å². The first-order chi connectivity index (χ1) is 11.6. The molecule has 2 heterocycles. The summed E-state index contributed by atoms with van der Waals surface area (Å²) < 4.78 is 5.15. The number of hydrogen-bond acceptors (Lipinski definition) is 5. The minimum atomic E-state index is -0.0489. The molecule has 1 aliphatic heterocycles. The lowest BCUT2D eigenvalue weighted by Crippen LogP contribution is -2.61. The molecule has 3 rings (SSSR count). The number of likely N-dealkylation sites (N-methyl/N-ethyl adjacent to an activating group) is 1. The minimum absolute atomic E-state index is 0.0489. The van der Waals surface area contributed by atoms with Crippen LogP contribution in [0.25, 0.3) is 0 Å². The van der Waals surface area contributed by atoms with Crippen molar-refractivity contribution >= 4 is 5.91 Å². The predicted octanol–water partition coefficient (Wildman–Crippen LogP) is 1.92. The van der Waals surface area contributed by atoms with E-state index in [2.05, 4.69) is 27.3 Å². The van der Waals surface area contributed by atoms with Crippen LogP contribution in [-0.2, 0) is 6.42 Å². The highest BCUT2D eigenvalue weighted by Crippen LogP contribution is 2.34. The fourth-order valence-corrected chi connectivity index (χ4v) is 4.14. The zero-order valence-electron chi connectivity index (χ0n) is 15.0. The number of carbonyl (C=O) groups excluding carboxylic acids is 1. The third kappa shape index (κ3) is 3.64. The van der Waals surface area contributed by atoms with Crippen LogP contribution in [0.4, 0.5) is 0 Å². The number of aryl methyl sites for hydroxylation is 1. The van der Waals surface area contributed by atoms with Crippen LogP contribution in [0.2, 0.25) is 0 Å². The molecule has 2 fully saturated rings. The first-order valence-electron chi connectivity index (χ1n) is 9.30. The van der Waals surface area contributed by atoms with Crippen molar-refractivity contribution in [3.8, 4) is 0 Å². The Morgan fingerprint density at radius 3 is 2.62 bits per heavy atom. The number of piperazine rings is 1. The number of nitrogens with one attached hydrogen (secondary N) is 1. The van der Waals surface area contributed by atoms with Crippen molar-refractivity contribution in [1.82, 2.24) is 20.3 Å². The molecule has 1 saturated heterocycles. The molecular formula is C18H30N4O2. The Morgan fingerprint density at radius 1 is 1.25 bits per heavy atom. The number of nitrogens with zero attached hydrogens (tertiary/aromatic N) is 3. The van der Waals surface area contributed by atoms with Gasteiger partial charge in [0.2, 0.25) is 0 Å². The third-order valence-corrected chi connectivity index (χ3v) is 5.75. The molecule has 1 aromatic rings. The molecule has 24 heavy (non-hydrogen) atoms. The maximum absolute atomic E-state index is 12.6. The van der Waals surface area contributed by atoms with E-state index in [-0.39, 0.29) is 11.4 Å². The monoisotopic (exact) mass is 334 g/mol. The second-order valence-electron chi connectivity index (χ2n) is 7.27. The van der Waals surface area contributed by atoms with Crippen molar-refractivity contribution in [3.63, 3.8) is 0 Å². The highest BCUT2D eigenvalue weighted by molar-refractivity contribution is 5.94. The van der Waals surface area contributed by atoms with Gasteiger partial charge in [0.05, 0.1) is 6.20 Å². The second kappa shape index (κ2) is 7.66. The molecule has 6 heteroatoms. The molecular weight excluding hydrogens is 304 g/mol. The van der Waals surface area contributed by atoms with Gasteiger partial charge in [-0.2, -0.15) is 0 Å². The van der Waals surface area contributed by atoms with Crippen molar-refractivity contribution in [2.45, 2.75) is 51.0 Å². The van der Waals surface area contributed by atoms with E-state index in [1.54, 1.807) is 0 Å².